The summed E-state index contributed by atoms with van der Waals surface area (Å²) in [7, 11) is 0. The first kappa shape index (κ1) is 14.4. The molecule has 0 spiro atoms. The van der Waals surface area contributed by atoms with Crippen molar-refractivity contribution in [3.8, 4) is 0 Å². The Morgan fingerprint density at radius 2 is 2.14 bits per heavy atom. The van der Waals surface area contributed by atoms with E-state index in [1.165, 1.54) is 12.8 Å². The topological polar surface area (TPSA) is 54.4 Å². The molecule has 5 heteroatoms. The fourth-order valence-corrected chi connectivity index (χ4v) is 3.03. The van der Waals surface area contributed by atoms with Crippen LogP contribution < -0.4 is 5.32 Å². The average Bonchev–Trinajstić information content (AvgIpc) is 3.21. The molecular formula is C16H23N3O2. The SMILES string of the molecule is Cc1noc(C)c1CNCC(c1ccco1)N1CCCC1. The van der Waals surface area contributed by atoms with Crippen molar-refractivity contribution in [3.05, 3.63) is 41.2 Å². The lowest BCUT2D eigenvalue weighted by atomic mass is 10.1. The second-order valence-electron chi connectivity index (χ2n) is 5.71. The van der Waals surface area contributed by atoms with Crippen LogP contribution in [0.5, 0.6) is 0 Å². The highest BCUT2D eigenvalue weighted by Gasteiger charge is 2.25. The molecule has 1 unspecified atom stereocenters. The number of furan rings is 1. The van der Waals surface area contributed by atoms with Crippen LogP contribution >= 0.6 is 0 Å². The van der Waals surface area contributed by atoms with Gasteiger partial charge in [0.15, 0.2) is 0 Å². The van der Waals surface area contributed by atoms with Crippen molar-refractivity contribution in [3.63, 3.8) is 0 Å². The molecule has 1 saturated heterocycles. The maximum absolute atomic E-state index is 5.63. The monoisotopic (exact) mass is 289 g/mol. The van der Waals surface area contributed by atoms with E-state index >= 15 is 0 Å². The Morgan fingerprint density at radius 1 is 1.33 bits per heavy atom. The summed E-state index contributed by atoms with van der Waals surface area (Å²) in [6, 6.07) is 4.34. The van der Waals surface area contributed by atoms with Crippen LogP contribution in [0.4, 0.5) is 0 Å². The Balaban J connectivity index is 1.62. The zero-order valence-corrected chi connectivity index (χ0v) is 12.8. The zero-order chi connectivity index (χ0) is 14.7. The lowest BCUT2D eigenvalue weighted by Crippen LogP contribution is -2.33. The van der Waals surface area contributed by atoms with Gasteiger partial charge in [0.1, 0.15) is 11.5 Å². The van der Waals surface area contributed by atoms with Crippen LogP contribution in [0.15, 0.2) is 27.3 Å². The summed E-state index contributed by atoms with van der Waals surface area (Å²) < 4.78 is 10.8. The van der Waals surface area contributed by atoms with Gasteiger partial charge in [0, 0.05) is 18.7 Å². The van der Waals surface area contributed by atoms with Gasteiger partial charge in [-0.1, -0.05) is 5.16 Å². The van der Waals surface area contributed by atoms with E-state index in [9.17, 15) is 0 Å². The van der Waals surface area contributed by atoms with Gasteiger partial charge < -0.3 is 14.3 Å². The van der Waals surface area contributed by atoms with E-state index in [2.05, 4.69) is 21.4 Å². The van der Waals surface area contributed by atoms with Crippen molar-refractivity contribution in [1.29, 1.82) is 0 Å². The largest absolute Gasteiger partial charge is 0.468 e. The van der Waals surface area contributed by atoms with Gasteiger partial charge in [-0.3, -0.25) is 4.90 Å². The van der Waals surface area contributed by atoms with Gasteiger partial charge in [-0.2, -0.15) is 0 Å². The van der Waals surface area contributed by atoms with E-state index in [1.54, 1.807) is 6.26 Å². The van der Waals surface area contributed by atoms with Crippen LogP contribution in [0.1, 0.15) is 41.7 Å². The third-order valence-corrected chi connectivity index (χ3v) is 4.27. The number of hydrogen-bond donors (Lipinski definition) is 1. The molecular weight excluding hydrogens is 266 g/mol. The van der Waals surface area contributed by atoms with Gasteiger partial charge in [0.05, 0.1) is 18.0 Å². The molecule has 0 saturated carbocycles. The van der Waals surface area contributed by atoms with E-state index in [0.717, 1.165) is 49.0 Å². The van der Waals surface area contributed by atoms with E-state index in [0.29, 0.717) is 6.04 Å². The molecule has 0 radical (unpaired) electrons. The van der Waals surface area contributed by atoms with Crippen LogP contribution in [0.2, 0.25) is 0 Å². The van der Waals surface area contributed by atoms with Crippen molar-refractivity contribution < 1.29 is 8.94 Å². The van der Waals surface area contributed by atoms with Crippen LogP contribution in [-0.2, 0) is 6.54 Å². The van der Waals surface area contributed by atoms with Gasteiger partial charge >= 0.3 is 0 Å². The van der Waals surface area contributed by atoms with Crippen LogP contribution in [0.3, 0.4) is 0 Å². The third kappa shape index (κ3) is 3.19. The molecule has 3 heterocycles. The molecule has 0 amide bonds. The highest BCUT2D eigenvalue weighted by atomic mass is 16.5. The van der Waals surface area contributed by atoms with Gasteiger partial charge in [-0.15, -0.1) is 0 Å². The minimum Gasteiger partial charge on any atom is -0.468 e. The molecule has 1 aliphatic rings. The Morgan fingerprint density at radius 3 is 2.76 bits per heavy atom. The Kier molecular flexibility index (Phi) is 4.41. The highest BCUT2D eigenvalue weighted by molar-refractivity contribution is 5.20. The van der Waals surface area contributed by atoms with E-state index in [1.807, 2.05) is 19.9 Å². The van der Waals surface area contributed by atoms with Crippen molar-refractivity contribution >= 4 is 0 Å². The van der Waals surface area contributed by atoms with Crippen LogP contribution in [0, 0.1) is 13.8 Å². The van der Waals surface area contributed by atoms with E-state index in [-0.39, 0.29) is 0 Å². The highest BCUT2D eigenvalue weighted by Crippen LogP contribution is 2.25. The molecule has 1 atom stereocenters. The number of nitrogens with one attached hydrogen (secondary N) is 1. The third-order valence-electron chi connectivity index (χ3n) is 4.27. The van der Waals surface area contributed by atoms with Crippen LogP contribution in [0.25, 0.3) is 0 Å². The molecule has 1 N–H and O–H groups in total. The molecule has 2 aromatic rings. The Labute approximate surface area is 125 Å². The maximum Gasteiger partial charge on any atom is 0.138 e. The number of nitrogens with zero attached hydrogens (tertiary/aromatic N) is 2. The minimum atomic E-state index is 0.308. The first-order valence-electron chi connectivity index (χ1n) is 7.65. The van der Waals surface area contributed by atoms with E-state index < -0.39 is 0 Å². The van der Waals surface area contributed by atoms with Crippen molar-refractivity contribution in [2.24, 2.45) is 0 Å². The molecule has 21 heavy (non-hydrogen) atoms. The van der Waals surface area contributed by atoms with Gasteiger partial charge in [0.2, 0.25) is 0 Å². The number of aromatic nitrogens is 1. The number of hydrogen-bond acceptors (Lipinski definition) is 5. The Bertz CT molecular complexity index is 537. The summed E-state index contributed by atoms with van der Waals surface area (Å²) in [4.78, 5) is 2.50. The second-order valence-corrected chi connectivity index (χ2v) is 5.71. The lowest BCUT2D eigenvalue weighted by Gasteiger charge is -2.26. The molecule has 2 aromatic heterocycles. The number of aryl methyl sites for hydroxylation is 2. The predicted octanol–water partition coefficient (Wildman–Crippen LogP) is 2.81. The summed E-state index contributed by atoms with van der Waals surface area (Å²) in [5.74, 6) is 1.94. The molecule has 0 aliphatic carbocycles. The molecule has 5 nitrogen and oxygen atoms in total. The summed E-state index contributed by atoms with van der Waals surface area (Å²) in [5.41, 5.74) is 2.13. The zero-order valence-electron chi connectivity index (χ0n) is 12.8. The Hall–Kier alpha value is -1.59. The average molecular weight is 289 g/mol. The van der Waals surface area contributed by atoms with Gasteiger partial charge in [-0.25, -0.2) is 0 Å². The normalized spacial score (nSPS) is 17.4. The summed E-state index contributed by atoms with van der Waals surface area (Å²) in [6.07, 6.45) is 4.31. The van der Waals surface area contributed by atoms with Gasteiger partial charge in [-0.05, 0) is 51.9 Å². The predicted molar refractivity (Wildman–Crippen MR) is 79.9 cm³/mol. The first-order chi connectivity index (χ1) is 10.3. The number of rotatable bonds is 6. The maximum atomic E-state index is 5.63. The standard InChI is InChI=1S/C16H23N3O2/c1-12-14(13(2)21-18-12)10-17-11-15(16-6-5-9-20-16)19-7-3-4-8-19/h5-6,9,15,17H,3-4,7-8,10-11H2,1-2H3. The molecule has 3 rings (SSSR count). The fraction of sp³-hybridized carbons (Fsp3) is 0.562. The molecule has 1 aliphatic heterocycles. The van der Waals surface area contributed by atoms with Gasteiger partial charge in [0.25, 0.3) is 0 Å². The van der Waals surface area contributed by atoms with Crippen LogP contribution in [-0.4, -0.2) is 29.7 Å². The minimum absolute atomic E-state index is 0.308. The lowest BCUT2D eigenvalue weighted by molar-refractivity contribution is 0.209. The summed E-state index contributed by atoms with van der Waals surface area (Å²) in [5, 5.41) is 7.53. The van der Waals surface area contributed by atoms with Crippen molar-refractivity contribution in [2.75, 3.05) is 19.6 Å². The van der Waals surface area contributed by atoms with E-state index in [4.69, 9.17) is 8.94 Å². The summed E-state index contributed by atoms with van der Waals surface area (Å²) in [6.45, 7) is 7.90. The quantitative estimate of drug-likeness (QED) is 0.886. The second kappa shape index (κ2) is 6.45. The summed E-state index contributed by atoms with van der Waals surface area (Å²) >= 11 is 0. The smallest absolute Gasteiger partial charge is 0.138 e. The van der Waals surface area contributed by atoms with Crippen molar-refractivity contribution in [2.45, 2.75) is 39.3 Å². The number of likely N-dealkylation sites (tertiary alicyclic amines) is 1. The molecule has 0 aromatic carbocycles. The van der Waals surface area contributed by atoms with Crippen molar-refractivity contribution in [1.82, 2.24) is 15.4 Å². The fourth-order valence-electron chi connectivity index (χ4n) is 3.03. The molecule has 114 valence electrons. The molecule has 1 fully saturated rings. The molecule has 0 bridgehead atoms. The first-order valence-corrected chi connectivity index (χ1v) is 7.65.